The second-order valence-corrected chi connectivity index (χ2v) is 14.0. The first kappa shape index (κ1) is 35.5. The minimum atomic E-state index is -4.88. The van der Waals surface area contributed by atoms with Gasteiger partial charge in [-0.15, -0.1) is 11.3 Å². The average molecular weight is 759 g/mol. The molecule has 0 bridgehead atoms. The van der Waals surface area contributed by atoms with Crippen LogP contribution in [0.15, 0.2) is 46.7 Å². The number of carbonyl (C=O) groups is 1. The summed E-state index contributed by atoms with van der Waals surface area (Å²) in [6, 6.07) is 8.86. The number of alkyl halides is 5. The Morgan fingerprint density at radius 3 is 2.54 bits per heavy atom. The van der Waals surface area contributed by atoms with E-state index in [9.17, 15) is 41.9 Å². The Morgan fingerprint density at radius 2 is 1.88 bits per heavy atom. The van der Waals surface area contributed by atoms with Crippen molar-refractivity contribution in [2.45, 2.75) is 44.5 Å². The number of anilines is 1. The summed E-state index contributed by atoms with van der Waals surface area (Å²) in [4.78, 5) is 37.5. The fraction of sp³-hybridized carbons (Fsp3) is 0.343. The average Bonchev–Trinajstić information content (AvgIpc) is 3.53. The van der Waals surface area contributed by atoms with Gasteiger partial charge in [0.1, 0.15) is 24.3 Å². The molecular formula is C35H28ClF5N6O4S. The summed E-state index contributed by atoms with van der Waals surface area (Å²) in [6.07, 6.45) is -4.01. The van der Waals surface area contributed by atoms with Gasteiger partial charge in [0, 0.05) is 72.8 Å². The van der Waals surface area contributed by atoms with Crippen molar-refractivity contribution in [2.24, 2.45) is 0 Å². The van der Waals surface area contributed by atoms with E-state index in [1.165, 1.54) is 39.3 Å². The van der Waals surface area contributed by atoms with Crippen molar-refractivity contribution in [3.05, 3.63) is 79.8 Å². The molecule has 0 radical (unpaired) electrons. The highest BCUT2D eigenvalue weighted by molar-refractivity contribution is 7.18. The Bertz CT molecular complexity index is 2340. The Kier molecular flexibility index (Phi) is 9.08. The van der Waals surface area contributed by atoms with Crippen molar-refractivity contribution in [2.75, 3.05) is 37.7 Å². The van der Waals surface area contributed by atoms with Crippen LogP contribution in [0.4, 0.5) is 27.6 Å². The van der Waals surface area contributed by atoms with Gasteiger partial charge in [-0.05, 0) is 37.3 Å². The normalized spacial score (nSPS) is 16.6. The molecule has 1 saturated heterocycles. The molecule has 0 atom stereocenters. The Balaban J connectivity index is 1.20. The summed E-state index contributed by atoms with van der Waals surface area (Å²) in [5, 5.41) is 21.5. The Hall–Kier alpha value is -4.85. The predicted molar refractivity (Wildman–Crippen MR) is 185 cm³/mol. The van der Waals surface area contributed by atoms with Crippen LogP contribution in [0.3, 0.4) is 0 Å². The molecule has 1 aliphatic heterocycles. The van der Waals surface area contributed by atoms with E-state index in [0.717, 1.165) is 6.07 Å². The molecule has 4 heterocycles. The van der Waals surface area contributed by atoms with E-state index in [-0.39, 0.29) is 80.5 Å². The summed E-state index contributed by atoms with van der Waals surface area (Å²) in [6.45, 7) is 1.81. The molecule has 10 nitrogen and oxygen atoms in total. The minimum absolute atomic E-state index is 0.0446. The molecule has 2 aliphatic rings. The number of carboxylic acid groups (broad SMARTS) is 1. The van der Waals surface area contributed by atoms with Gasteiger partial charge < -0.3 is 14.7 Å². The number of hydrogen-bond acceptors (Lipinski definition) is 9. The molecule has 0 amide bonds. The van der Waals surface area contributed by atoms with E-state index in [1.807, 2.05) is 11.0 Å². The molecule has 3 aromatic heterocycles. The number of nitriles is 1. The summed E-state index contributed by atoms with van der Waals surface area (Å²) in [5.41, 5.74) is -1.47. The number of ether oxygens (including phenoxy) is 1. The first-order chi connectivity index (χ1) is 24.7. The van der Waals surface area contributed by atoms with Gasteiger partial charge in [-0.3, -0.25) is 19.2 Å². The van der Waals surface area contributed by atoms with E-state index in [0.29, 0.717) is 32.1 Å². The molecule has 7 rings (SSSR count). The third-order valence-corrected chi connectivity index (χ3v) is 10.8. The maximum atomic E-state index is 14.5. The van der Waals surface area contributed by atoms with Gasteiger partial charge in [0.05, 0.1) is 50.0 Å². The fourth-order valence-electron chi connectivity index (χ4n) is 6.98. The van der Waals surface area contributed by atoms with Crippen LogP contribution in [-0.4, -0.2) is 75.3 Å². The smallest absolute Gasteiger partial charge is 0.418 e. The molecule has 2 aromatic carbocycles. The molecule has 0 unspecified atom stereocenters. The van der Waals surface area contributed by atoms with Crippen LogP contribution in [0.25, 0.3) is 32.2 Å². The zero-order valence-electron chi connectivity index (χ0n) is 27.3. The SMILES string of the molecule is Cc1nc2cc(C(F)(F)F)c(N3CCN(C4CC(F)(F)C4)CC3)c(C#N)c2c(=O)n1CCOc1ccc(Cl)cc1-c1ccnc2c(C(=O)O)csc12. The van der Waals surface area contributed by atoms with E-state index in [4.69, 9.17) is 16.3 Å². The highest BCUT2D eigenvalue weighted by Gasteiger charge is 2.48. The van der Waals surface area contributed by atoms with Crippen molar-refractivity contribution in [1.82, 2.24) is 19.4 Å². The zero-order valence-corrected chi connectivity index (χ0v) is 28.9. The number of benzene rings is 2. The summed E-state index contributed by atoms with van der Waals surface area (Å²) in [5.74, 6) is -3.40. The molecular weight excluding hydrogens is 731 g/mol. The topological polar surface area (TPSA) is 125 Å². The lowest BCUT2D eigenvalue weighted by atomic mass is 9.86. The number of halogens is 6. The number of fused-ring (bicyclic) bond motifs is 2. The van der Waals surface area contributed by atoms with E-state index >= 15 is 0 Å². The highest BCUT2D eigenvalue weighted by Crippen LogP contribution is 2.44. The largest absolute Gasteiger partial charge is 0.491 e. The van der Waals surface area contributed by atoms with Crippen LogP contribution in [0.1, 0.15) is 40.2 Å². The number of aromatic carboxylic acids is 1. The molecule has 1 saturated carbocycles. The van der Waals surface area contributed by atoms with E-state index < -0.39 is 40.4 Å². The molecule has 0 spiro atoms. The lowest BCUT2D eigenvalue weighted by molar-refractivity contribution is -0.137. The zero-order chi connectivity index (χ0) is 37.1. The van der Waals surface area contributed by atoms with Crippen LogP contribution < -0.4 is 15.2 Å². The van der Waals surface area contributed by atoms with Crippen molar-refractivity contribution in [3.63, 3.8) is 0 Å². The lowest BCUT2D eigenvalue weighted by Gasteiger charge is -2.46. The molecule has 270 valence electrons. The van der Waals surface area contributed by atoms with Gasteiger partial charge in [0.2, 0.25) is 0 Å². The first-order valence-corrected chi connectivity index (χ1v) is 17.4. The van der Waals surface area contributed by atoms with Crippen molar-refractivity contribution < 1.29 is 36.6 Å². The van der Waals surface area contributed by atoms with E-state index in [2.05, 4.69) is 9.97 Å². The number of aromatic nitrogens is 3. The number of nitrogens with zero attached hydrogens (tertiary/aromatic N) is 6. The van der Waals surface area contributed by atoms with Gasteiger partial charge in [-0.1, -0.05) is 11.6 Å². The second kappa shape index (κ2) is 13.3. The lowest BCUT2D eigenvalue weighted by Crippen LogP contribution is -2.57. The minimum Gasteiger partial charge on any atom is -0.491 e. The number of piperazine rings is 1. The second-order valence-electron chi connectivity index (χ2n) is 12.7. The van der Waals surface area contributed by atoms with Crippen molar-refractivity contribution >= 4 is 55.7 Å². The maximum Gasteiger partial charge on any atom is 0.418 e. The van der Waals surface area contributed by atoms with Crippen molar-refractivity contribution in [3.8, 4) is 22.9 Å². The molecule has 1 aliphatic carbocycles. The number of hydrogen-bond donors (Lipinski definition) is 1. The number of thiophene rings is 1. The Labute approximate surface area is 301 Å². The first-order valence-electron chi connectivity index (χ1n) is 16.1. The van der Waals surface area contributed by atoms with Gasteiger partial charge >= 0.3 is 12.1 Å². The van der Waals surface area contributed by atoms with E-state index in [1.54, 1.807) is 24.3 Å². The van der Waals surface area contributed by atoms with Gasteiger partial charge in [0.15, 0.2) is 0 Å². The molecule has 2 fully saturated rings. The van der Waals surface area contributed by atoms with Gasteiger partial charge in [0.25, 0.3) is 11.5 Å². The molecule has 1 N–H and O–H groups in total. The maximum absolute atomic E-state index is 14.5. The van der Waals surface area contributed by atoms with Crippen LogP contribution in [0.5, 0.6) is 5.75 Å². The third-order valence-electron chi connectivity index (χ3n) is 9.53. The molecule has 17 heteroatoms. The summed E-state index contributed by atoms with van der Waals surface area (Å²) >= 11 is 7.53. The Morgan fingerprint density at radius 1 is 1.15 bits per heavy atom. The standard InChI is InChI=1S/C35H28ClF5N6O4S/c1-18-44-26-13-25(35(39,40)41)30(46-8-6-45(7-9-46)20-14-34(37,38)15-20)23(16-42)28(26)32(48)47(18)10-11-51-27-3-2-19(36)12-22(27)21-4-5-43-29-24(33(49)50)17-52-31(21)29/h2-5,12-13,17,20H,6-11,14-15H2,1H3,(H,49,50). The quantitative estimate of drug-likeness (QED) is 0.163. The molecule has 5 aromatic rings. The number of pyridine rings is 1. The predicted octanol–water partition coefficient (Wildman–Crippen LogP) is 7.22. The summed E-state index contributed by atoms with van der Waals surface area (Å²) < 4.78 is 78.5. The number of aryl methyl sites for hydroxylation is 1. The fourth-order valence-corrected chi connectivity index (χ4v) is 8.18. The number of rotatable bonds is 8. The van der Waals surface area contributed by atoms with Gasteiger partial charge in [-0.2, -0.15) is 18.4 Å². The summed E-state index contributed by atoms with van der Waals surface area (Å²) in [7, 11) is 0. The third kappa shape index (κ3) is 6.41. The number of carboxylic acids is 1. The molecule has 52 heavy (non-hydrogen) atoms. The monoisotopic (exact) mass is 758 g/mol. The highest BCUT2D eigenvalue weighted by atomic mass is 35.5. The van der Waals surface area contributed by atoms with Gasteiger partial charge in [-0.25, -0.2) is 18.6 Å². The van der Waals surface area contributed by atoms with Crippen LogP contribution in [0, 0.1) is 18.3 Å². The van der Waals surface area contributed by atoms with Crippen LogP contribution in [0.2, 0.25) is 5.02 Å². The van der Waals surface area contributed by atoms with Crippen molar-refractivity contribution in [1.29, 1.82) is 5.26 Å². The van der Waals surface area contributed by atoms with Crippen LogP contribution in [-0.2, 0) is 12.7 Å². The van der Waals surface area contributed by atoms with Crippen LogP contribution >= 0.6 is 22.9 Å².